The van der Waals surface area contributed by atoms with Crippen LogP contribution in [0.1, 0.15) is 52.7 Å². The number of piperidine rings is 1. The monoisotopic (exact) mass is 426 g/mol. The van der Waals surface area contributed by atoms with E-state index in [9.17, 15) is 13.2 Å². The van der Waals surface area contributed by atoms with Crippen molar-refractivity contribution in [2.45, 2.75) is 45.2 Å². The van der Waals surface area contributed by atoms with Crippen LogP contribution in [0.2, 0.25) is 0 Å². The van der Waals surface area contributed by atoms with Crippen LogP contribution in [0.25, 0.3) is 0 Å². The lowest BCUT2D eigenvalue weighted by molar-refractivity contribution is -0.137. The second-order valence-electron chi connectivity index (χ2n) is 8.14. The number of hydrogen-bond acceptors (Lipinski definition) is 4. The first-order chi connectivity index (χ1) is 14.8. The highest BCUT2D eigenvalue weighted by molar-refractivity contribution is 5.40. The summed E-state index contributed by atoms with van der Waals surface area (Å²) in [6.07, 6.45) is 0.121. The number of aromatic nitrogens is 3. The van der Waals surface area contributed by atoms with E-state index in [-0.39, 0.29) is 0 Å². The molecule has 3 heterocycles. The first-order valence-electron chi connectivity index (χ1n) is 10.5. The Balaban J connectivity index is 1.35. The maximum absolute atomic E-state index is 12.7. The molecule has 3 aromatic rings. The molecule has 1 fully saturated rings. The highest BCUT2D eigenvalue weighted by atomic mass is 19.4. The number of aryl methyl sites for hydroxylation is 2. The highest BCUT2D eigenvalue weighted by Crippen LogP contribution is 2.30. The van der Waals surface area contributed by atoms with Crippen molar-refractivity contribution in [2.75, 3.05) is 18.0 Å². The van der Waals surface area contributed by atoms with Crippen LogP contribution in [-0.2, 0) is 12.6 Å². The zero-order chi connectivity index (χ0) is 22.0. The van der Waals surface area contributed by atoms with Crippen molar-refractivity contribution < 1.29 is 13.2 Å². The van der Waals surface area contributed by atoms with Crippen LogP contribution in [0.3, 0.4) is 0 Å². The number of halogens is 3. The van der Waals surface area contributed by atoms with Gasteiger partial charge in [-0.15, -0.1) is 0 Å². The number of alkyl halides is 3. The van der Waals surface area contributed by atoms with Gasteiger partial charge < -0.3 is 4.90 Å². The SMILES string of the molecule is Cc1cc(N2CCC(c3ccc(Cc4ccc(C(F)(F)F)cc4)cn3)CC2)nc(C)n1. The molecule has 31 heavy (non-hydrogen) atoms. The van der Waals surface area contributed by atoms with E-state index in [1.165, 1.54) is 12.1 Å². The third-order valence-electron chi connectivity index (χ3n) is 5.73. The molecule has 0 atom stereocenters. The van der Waals surface area contributed by atoms with E-state index in [0.29, 0.717) is 12.3 Å². The normalized spacial score (nSPS) is 15.3. The van der Waals surface area contributed by atoms with Crippen molar-refractivity contribution in [1.82, 2.24) is 15.0 Å². The molecular formula is C24H25F3N4. The number of rotatable bonds is 4. The van der Waals surface area contributed by atoms with Gasteiger partial charge in [0, 0.05) is 42.7 Å². The maximum Gasteiger partial charge on any atom is 0.416 e. The van der Waals surface area contributed by atoms with Crippen LogP contribution in [0.5, 0.6) is 0 Å². The summed E-state index contributed by atoms with van der Waals surface area (Å²) in [4.78, 5) is 15.9. The first kappa shape index (κ1) is 21.3. The van der Waals surface area contributed by atoms with Crippen molar-refractivity contribution >= 4 is 5.82 Å². The molecular weight excluding hydrogens is 401 g/mol. The third kappa shape index (κ3) is 5.21. The van der Waals surface area contributed by atoms with Crippen molar-refractivity contribution in [2.24, 2.45) is 0 Å². The lowest BCUT2D eigenvalue weighted by Crippen LogP contribution is -2.34. The Morgan fingerprint density at radius 1 is 0.935 bits per heavy atom. The summed E-state index contributed by atoms with van der Waals surface area (Å²) in [6, 6.07) is 11.4. The predicted octanol–water partition coefficient (Wildman–Crippen LogP) is 5.48. The van der Waals surface area contributed by atoms with Gasteiger partial charge in [0.1, 0.15) is 11.6 Å². The van der Waals surface area contributed by atoms with Gasteiger partial charge in [0.05, 0.1) is 5.56 Å². The quantitative estimate of drug-likeness (QED) is 0.554. The summed E-state index contributed by atoms with van der Waals surface area (Å²) in [5.74, 6) is 2.19. The zero-order valence-electron chi connectivity index (χ0n) is 17.7. The third-order valence-corrected chi connectivity index (χ3v) is 5.73. The Labute approximate surface area is 180 Å². The molecule has 1 aliphatic rings. The van der Waals surface area contributed by atoms with E-state index in [1.54, 1.807) is 0 Å². The fraction of sp³-hybridized carbons (Fsp3) is 0.375. The highest BCUT2D eigenvalue weighted by Gasteiger charge is 2.30. The molecule has 2 aromatic heterocycles. The second-order valence-corrected chi connectivity index (χ2v) is 8.14. The van der Waals surface area contributed by atoms with Gasteiger partial charge in [0.25, 0.3) is 0 Å². The van der Waals surface area contributed by atoms with Crippen LogP contribution in [0, 0.1) is 13.8 Å². The topological polar surface area (TPSA) is 41.9 Å². The van der Waals surface area contributed by atoms with Crippen LogP contribution in [-0.4, -0.2) is 28.0 Å². The predicted molar refractivity (Wildman–Crippen MR) is 114 cm³/mol. The maximum atomic E-state index is 12.7. The Bertz CT molecular complexity index is 1000. The molecule has 0 bridgehead atoms. The Hall–Kier alpha value is -2.96. The average Bonchev–Trinajstić information content (AvgIpc) is 2.73. The van der Waals surface area contributed by atoms with E-state index in [4.69, 9.17) is 0 Å². The molecule has 4 rings (SSSR count). The van der Waals surface area contributed by atoms with Gasteiger partial charge >= 0.3 is 6.18 Å². The van der Waals surface area contributed by atoms with E-state index in [1.807, 2.05) is 32.2 Å². The molecule has 0 spiro atoms. The van der Waals surface area contributed by atoms with Gasteiger partial charge in [-0.05, 0) is 62.4 Å². The van der Waals surface area contributed by atoms with Gasteiger partial charge in [-0.1, -0.05) is 18.2 Å². The molecule has 0 radical (unpaired) electrons. The smallest absolute Gasteiger partial charge is 0.356 e. The van der Waals surface area contributed by atoms with E-state index >= 15 is 0 Å². The Kier molecular flexibility index (Phi) is 5.94. The fourth-order valence-corrected chi connectivity index (χ4v) is 4.09. The van der Waals surface area contributed by atoms with Crippen LogP contribution in [0.15, 0.2) is 48.7 Å². The number of anilines is 1. The molecule has 0 N–H and O–H groups in total. The van der Waals surface area contributed by atoms with Crippen molar-refractivity contribution in [3.05, 3.63) is 82.6 Å². The van der Waals surface area contributed by atoms with E-state index in [2.05, 4.69) is 25.9 Å². The van der Waals surface area contributed by atoms with Gasteiger partial charge in [-0.2, -0.15) is 13.2 Å². The molecule has 1 aliphatic heterocycles. The summed E-state index contributed by atoms with van der Waals surface area (Å²) >= 11 is 0. The Morgan fingerprint density at radius 2 is 1.61 bits per heavy atom. The summed E-state index contributed by atoms with van der Waals surface area (Å²) in [5, 5.41) is 0. The molecule has 4 nitrogen and oxygen atoms in total. The van der Waals surface area contributed by atoms with E-state index in [0.717, 1.165) is 72.2 Å². The van der Waals surface area contributed by atoms with Crippen molar-refractivity contribution in [3.63, 3.8) is 0 Å². The van der Waals surface area contributed by atoms with Gasteiger partial charge in [-0.25, -0.2) is 9.97 Å². The standard InChI is InChI=1S/C24H25F3N4/c1-16-13-23(30-17(2)29-16)31-11-9-20(10-12-31)22-8-5-19(15-28-22)14-18-3-6-21(7-4-18)24(25,26)27/h3-8,13,15,20H,9-12,14H2,1-2H3. The minimum absolute atomic E-state index is 0.403. The number of benzene rings is 1. The number of nitrogens with zero attached hydrogens (tertiary/aromatic N) is 4. The fourth-order valence-electron chi connectivity index (χ4n) is 4.09. The molecule has 0 saturated carbocycles. The first-order valence-corrected chi connectivity index (χ1v) is 10.5. The van der Waals surface area contributed by atoms with E-state index < -0.39 is 11.7 Å². The zero-order valence-corrected chi connectivity index (χ0v) is 17.7. The summed E-state index contributed by atoms with van der Waals surface area (Å²) < 4.78 is 38.1. The van der Waals surface area contributed by atoms with Gasteiger partial charge in [0.15, 0.2) is 0 Å². The minimum atomic E-state index is -4.30. The van der Waals surface area contributed by atoms with Crippen molar-refractivity contribution in [3.8, 4) is 0 Å². The largest absolute Gasteiger partial charge is 0.416 e. The molecule has 0 amide bonds. The van der Waals surface area contributed by atoms with Crippen LogP contribution >= 0.6 is 0 Å². The minimum Gasteiger partial charge on any atom is -0.356 e. The lowest BCUT2D eigenvalue weighted by atomic mass is 9.92. The number of pyridine rings is 1. The van der Waals surface area contributed by atoms with Gasteiger partial charge in [-0.3, -0.25) is 4.98 Å². The molecule has 0 aliphatic carbocycles. The summed E-state index contributed by atoms with van der Waals surface area (Å²) in [7, 11) is 0. The molecule has 1 aromatic carbocycles. The summed E-state index contributed by atoms with van der Waals surface area (Å²) in [6.45, 7) is 5.76. The second kappa shape index (κ2) is 8.65. The van der Waals surface area contributed by atoms with Gasteiger partial charge in [0.2, 0.25) is 0 Å². The molecule has 162 valence electrons. The molecule has 0 unspecified atom stereocenters. The van der Waals surface area contributed by atoms with Crippen LogP contribution < -0.4 is 4.90 Å². The summed E-state index contributed by atoms with van der Waals surface area (Å²) in [5.41, 5.74) is 3.27. The van der Waals surface area contributed by atoms with Crippen LogP contribution in [0.4, 0.5) is 19.0 Å². The molecule has 7 heteroatoms. The lowest BCUT2D eigenvalue weighted by Gasteiger charge is -2.32. The van der Waals surface area contributed by atoms with Crippen molar-refractivity contribution in [1.29, 1.82) is 0 Å². The molecule has 1 saturated heterocycles. The average molecular weight is 426 g/mol. The number of hydrogen-bond donors (Lipinski definition) is 0. The Morgan fingerprint density at radius 3 is 2.19 bits per heavy atom.